The molecule has 1 aliphatic heterocycles. The fourth-order valence-electron chi connectivity index (χ4n) is 3.96. The second kappa shape index (κ2) is 8.77. The van der Waals surface area contributed by atoms with Crippen LogP contribution in [0.3, 0.4) is 0 Å². The number of nitrogens with zero attached hydrogens (tertiary/aromatic N) is 5. The number of H-pyrrole nitrogens is 1. The molecular weight excluding hydrogens is 380 g/mol. The quantitative estimate of drug-likeness (QED) is 0.676. The first-order valence-corrected chi connectivity index (χ1v) is 10.7. The maximum Gasteiger partial charge on any atom is 0.281 e. The van der Waals surface area contributed by atoms with Crippen molar-refractivity contribution < 1.29 is 4.79 Å². The minimum Gasteiger partial charge on any atom is -0.342 e. The number of carbonyl (C=O) groups is 1. The Labute approximate surface area is 175 Å². The third kappa shape index (κ3) is 4.27. The summed E-state index contributed by atoms with van der Waals surface area (Å²) < 4.78 is 1.67. The van der Waals surface area contributed by atoms with Crippen LogP contribution in [0.15, 0.2) is 29.1 Å². The van der Waals surface area contributed by atoms with Crippen LogP contribution in [-0.4, -0.2) is 48.9 Å². The molecule has 1 saturated heterocycles. The summed E-state index contributed by atoms with van der Waals surface area (Å²) in [5, 5.41) is 8.19. The Hall–Kier alpha value is -3.03. The summed E-state index contributed by atoms with van der Waals surface area (Å²) in [6.07, 6.45) is 4.30. The number of fused-ring (bicyclic) bond motifs is 1. The van der Waals surface area contributed by atoms with Gasteiger partial charge in [-0.3, -0.25) is 9.59 Å². The van der Waals surface area contributed by atoms with Crippen molar-refractivity contribution >= 4 is 17.1 Å². The topological polar surface area (TPSA) is 96.8 Å². The number of aromatic amines is 1. The second-order valence-corrected chi connectivity index (χ2v) is 8.14. The molecule has 3 aromatic rings. The zero-order valence-electron chi connectivity index (χ0n) is 17.6. The number of hydrogen-bond donors (Lipinski definition) is 1. The Morgan fingerprint density at radius 2 is 2.07 bits per heavy atom. The van der Waals surface area contributed by atoms with Crippen molar-refractivity contribution in [3.05, 3.63) is 51.6 Å². The average Bonchev–Trinajstić information content (AvgIpc) is 3.17. The Kier molecular flexibility index (Phi) is 5.92. The molecule has 1 fully saturated rings. The lowest BCUT2D eigenvalue weighted by Crippen LogP contribution is -2.39. The van der Waals surface area contributed by atoms with Crippen LogP contribution in [0.5, 0.6) is 0 Å². The summed E-state index contributed by atoms with van der Waals surface area (Å²) in [6.45, 7) is 6.00. The van der Waals surface area contributed by atoms with E-state index >= 15 is 0 Å². The first kappa shape index (κ1) is 20.3. The van der Waals surface area contributed by atoms with Crippen LogP contribution in [0, 0.1) is 6.92 Å². The molecule has 2 aromatic heterocycles. The third-order valence-electron chi connectivity index (χ3n) is 5.75. The van der Waals surface area contributed by atoms with Gasteiger partial charge in [0.25, 0.3) is 5.56 Å². The van der Waals surface area contributed by atoms with E-state index in [1.807, 2.05) is 36.1 Å². The smallest absolute Gasteiger partial charge is 0.281 e. The van der Waals surface area contributed by atoms with Gasteiger partial charge in [0, 0.05) is 25.4 Å². The van der Waals surface area contributed by atoms with Crippen LogP contribution >= 0.6 is 0 Å². The van der Waals surface area contributed by atoms with E-state index in [-0.39, 0.29) is 22.9 Å². The Bertz CT molecular complexity index is 1090. The minimum atomic E-state index is -0.278. The highest BCUT2D eigenvalue weighted by Crippen LogP contribution is 2.25. The van der Waals surface area contributed by atoms with Crippen molar-refractivity contribution in [1.29, 1.82) is 0 Å². The Morgan fingerprint density at radius 3 is 2.83 bits per heavy atom. The maximum atomic E-state index is 12.6. The lowest BCUT2D eigenvalue weighted by molar-refractivity contribution is -0.132. The number of nitrogens with one attached hydrogen (secondary N) is 1. The van der Waals surface area contributed by atoms with Gasteiger partial charge in [-0.15, -0.1) is 5.10 Å². The fraction of sp³-hybridized carbons (Fsp3) is 0.500. The van der Waals surface area contributed by atoms with Crippen molar-refractivity contribution in [2.45, 2.75) is 58.4 Å². The van der Waals surface area contributed by atoms with Crippen molar-refractivity contribution in [1.82, 2.24) is 29.9 Å². The molecule has 158 valence electrons. The van der Waals surface area contributed by atoms with Crippen molar-refractivity contribution in [2.75, 3.05) is 13.1 Å². The summed E-state index contributed by atoms with van der Waals surface area (Å²) in [7, 11) is 0. The fourth-order valence-corrected chi connectivity index (χ4v) is 3.96. The molecule has 1 aliphatic rings. The van der Waals surface area contributed by atoms with Crippen LogP contribution in [0.4, 0.5) is 0 Å². The summed E-state index contributed by atoms with van der Waals surface area (Å²) in [5.74, 6) is 0.827. The van der Waals surface area contributed by atoms with Gasteiger partial charge in [0.15, 0.2) is 11.2 Å². The van der Waals surface area contributed by atoms with Crippen molar-refractivity contribution in [3.8, 4) is 0 Å². The molecule has 1 unspecified atom stereocenters. The van der Waals surface area contributed by atoms with Gasteiger partial charge in [0.2, 0.25) is 5.91 Å². The summed E-state index contributed by atoms with van der Waals surface area (Å²) in [6, 6.07) is 8.17. The molecule has 1 atom stereocenters. The predicted molar refractivity (Wildman–Crippen MR) is 114 cm³/mol. The number of aryl methyl sites for hydroxylation is 1. The second-order valence-electron chi connectivity index (χ2n) is 8.14. The molecule has 0 spiro atoms. The molecule has 1 amide bonds. The van der Waals surface area contributed by atoms with E-state index < -0.39 is 0 Å². The molecule has 4 rings (SSSR count). The molecule has 30 heavy (non-hydrogen) atoms. The van der Waals surface area contributed by atoms with Gasteiger partial charge in [-0.05, 0) is 31.7 Å². The van der Waals surface area contributed by atoms with E-state index in [1.54, 1.807) is 4.68 Å². The molecule has 0 bridgehead atoms. The molecule has 1 aromatic carbocycles. The van der Waals surface area contributed by atoms with Crippen molar-refractivity contribution in [3.63, 3.8) is 0 Å². The lowest BCUT2D eigenvalue weighted by Gasteiger charge is -2.32. The number of likely N-dealkylation sites (tertiary alicyclic amines) is 1. The lowest BCUT2D eigenvalue weighted by atomic mass is 9.96. The summed E-state index contributed by atoms with van der Waals surface area (Å²) >= 11 is 0. The van der Waals surface area contributed by atoms with Crippen LogP contribution in [0.2, 0.25) is 0 Å². The van der Waals surface area contributed by atoms with Crippen LogP contribution in [0.25, 0.3) is 11.2 Å². The number of hydrogen-bond acceptors (Lipinski definition) is 5. The zero-order chi connectivity index (χ0) is 21.1. The highest BCUT2D eigenvalue weighted by atomic mass is 16.2. The van der Waals surface area contributed by atoms with Crippen LogP contribution in [0.1, 0.15) is 61.9 Å². The van der Waals surface area contributed by atoms with E-state index in [4.69, 9.17) is 4.98 Å². The van der Waals surface area contributed by atoms with E-state index in [0.29, 0.717) is 31.0 Å². The van der Waals surface area contributed by atoms with Gasteiger partial charge in [-0.2, -0.15) is 0 Å². The SMILES string of the molecule is CCCCC(=O)N1CCCC(c2nc3c(nnn3Cc3ccc(C)cc3)c(=O)[nH]2)C1. The third-order valence-corrected chi connectivity index (χ3v) is 5.75. The average molecular weight is 409 g/mol. The number of unbranched alkanes of at least 4 members (excludes halogenated alkanes) is 1. The van der Waals surface area contributed by atoms with E-state index in [0.717, 1.165) is 37.8 Å². The normalized spacial score (nSPS) is 16.9. The Balaban J connectivity index is 1.59. The Morgan fingerprint density at radius 1 is 1.27 bits per heavy atom. The molecule has 8 nitrogen and oxygen atoms in total. The highest BCUT2D eigenvalue weighted by Gasteiger charge is 2.27. The predicted octanol–water partition coefficient (Wildman–Crippen LogP) is 2.77. The number of aromatic nitrogens is 5. The number of rotatable bonds is 6. The van der Waals surface area contributed by atoms with Crippen LogP contribution < -0.4 is 5.56 Å². The van der Waals surface area contributed by atoms with Gasteiger partial charge in [0.05, 0.1) is 6.54 Å². The zero-order valence-corrected chi connectivity index (χ0v) is 17.6. The number of benzene rings is 1. The van der Waals surface area contributed by atoms with Gasteiger partial charge < -0.3 is 9.88 Å². The van der Waals surface area contributed by atoms with Gasteiger partial charge in [0.1, 0.15) is 5.82 Å². The molecule has 0 aliphatic carbocycles. The van der Waals surface area contributed by atoms with Gasteiger partial charge >= 0.3 is 0 Å². The number of piperidine rings is 1. The molecule has 3 heterocycles. The first-order valence-electron chi connectivity index (χ1n) is 10.7. The van der Waals surface area contributed by atoms with E-state index in [9.17, 15) is 9.59 Å². The molecular formula is C22H28N6O2. The van der Waals surface area contributed by atoms with Crippen LogP contribution in [-0.2, 0) is 11.3 Å². The van der Waals surface area contributed by atoms with E-state index in [2.05, 4.69) is 22.2 Å². The monoisotopic (exact) mass is 408 g/mol. The number of carbonyl (C=O) groups excluding carboxylic acids is 1. The first-order chi connectivity index (χ1) is 14.5. The number of amides is 1. The molecule has 0 radical (unpaired) electrons. The maximum absolute atomic E-state index is 12.6. The summed E-state index contributed by atoms with van der Waals surface area (Å²) in [4.78, 5) is 34.6. The largest absolute Gasteiger partial charge is 0.342 e. The van der Waals surface area contributed by atoms with E-state index in [1.165, 1.54) is 5.56 Å². The molecule has 1 N–H and O–H groups in total. The standard InChI is InChI=1S/C22H28N6O2/c1-3-4-7-18(29)27-12-5-6-17(14-27)20-23-21-19(22(30)24-20)25-26-28(21)13-16-10-8-15(2)9-11-16/h8-11,17H,3-7,12-14H2,1-2H3,(H,23,24,30). The highest BCUT2D eigenvalue weighted by molar-refractivity contribution is 5.76. The summed E-state index contributed by atoms with van der Waals surface area (Å²) in [5.41, 5.74) is 2.72. The van der Waals surface area contributed by atoms with Gasteiger partial charge in [-0.25, -0.2) is 9.67 Å². The minimum absolute atomic E-state index is 0.0177. The molecule has 8 heteroatoms. The molecule has 0 saturated carbocycles. The van der Waals surface area contributed by atoms with Gasteiger partial charge in [-0.1, -0.05) is 48.4 Å². The van der Waals surface area contributed by atoms with Crippen molar-refractivity contribution in [2.24, 2.45) is 0 Å².